The topological polar surface area (TPSA) is 3.24 Å². The average Bonchev–Trinajstić information content (AvgIpc) is 2.14. The van der Waals surface area contributed by atoms with Crippen LogP contribution in [0.4, 0.5) is 0 Å². The van der Waals surface area contributed by atoms with Gasteiger partial charge in [-0.25, -0.2) is 0 Å². The van der Waals surface area contributed by atoms with E-state index in [2.05, 4.69) is 37.4 Å². The molecule has 0 amide bonds. The van der Waals surface area contributed by atoms with Crippen molar-refractivity contribution in [1.29, 1.82) is 0 Å². The molecule has 0 rings (SSSR count). The molecule has 0 aliphatic carbocycles. The molecule has 0 radical (unpaired) electrons. The summed E-state index contributed by atoms with van der Waals surface area (Å²) < 4.78 is 3.17. The van der Waals surface area contributed by atoms with Crippen molar-refractivity contribution in [3.05, 3.63) is 0 Å². The molecule has 1 nitrogen and oxygen atoms in total. The van der Waals surface area contributed by atoms with Crippen LogP contribution in [0.2, 0.25) is 31.7 Å². The van der Waals surface area contributed by atoms with Crippen LogP contribution >= 0.6 is 0 Å². The van der Waals surface area contributed by atoms with E-state index < -0.39 is 17.9 Å². The Kier molecular flexibility index (Phi) is 9.62. The first-order chi connectivity index (χ1) is 6.67. The van der Waals surface area contributed by atoms with E-state index in [1.165, 1.54) is 12.8 Å². The smallest absolute Gasteiger partial charge is 0.0940 e. The highest BCUT2D eigenvalue weighted by Crippen LogP contribution is 2.09. The zero-order chi connectivity index (χ0) is 11.0. The van der Waals surface area contributed by atoms with Gasteiger partial charge in [-0.2, -0.15) is 0 Å². The molecule has 0 spiro atoms. The summed E-state index contributed by atoms with van der Waals surface area (Å²) in [5.41, 5.74) is 0. The molecule has 0 aromatic carbocycles. The quantitative estimate of drug-likeness (QED) is 0.592. The fraction of sp³-hybridized carbons (Fsp3) is 1.00. The average molecular weight is 264 g/mol. The van der Waals surface area contributed by atoms with Gasteiger partial charge in [0.05, 0.1) is 27.1 Å². The van der Waals surface area contributed by atoms with E-state index in [1.807, 2.05) is 0 Å². The second kappa shape index (κ2) is 9.08. The molecule has 5 heteroatoms. The predicted octanol–water partition coefficient (Wildman–Crippen LogP) is 1.03. The molecule has 0 aromatic heterocycles. The van der Waals surface area contributed by atoms with Crippen LogP contribution in [-0.4, -0.2) is 40.0 Å². The van der Waals surface area contributed by atoms with E-state index in [9.17, 15) is 0 Å². The van der Waals surface area contributed by atoms with E-state index in [1.54, 1.807) is 12.1 Å². The Hall–Kier alpha value is 0.828. The largest absolute Gasteiger partial charge is 0.380 e. The Morgan fingerprint density at radius 1 is 1.00 bits per heavy atom. The highest BCUT2D eigenvalue weighted by molar-refractivity contribution is 7.05. The first-order valence-electron chi connectivity index (χ1n) is 6.43. The van der Waals surface area contributed by atoms with Crippen molar-refractivity contribution >= 4 is 36.2 Å². The van der Waals surface area contributed by atoms with Crippen LogP contribution in [0, 0.1) is 0 Å². The van der Waals surface area contributed by atoms with Crippen LogP contribution in [0.1, 0.15) is 26.7 Å². The van der Waals surface area contributed by atoms with E-state index in [0.29, 0.717) is 18.2 Å². The third-order valence-electron chi connectivity index (χ3n) is 3.03. The number of nitrogens with zero attached hydrogens (tertiary/aromatic N) is 1. The Balaban J connectivity index is 4.10. The Labute approximate surface area is 98.6 Å². The van der Waals surface area contributed by atoms with Crippen molar-refractivity contribution in [2.24, 2.45) is 0 Å². The fourth-order valence-corrected chi connectivity index (χ4v) is 28.3. The van der Waals surface area contributed by atoms with E-state index >= 15 is 0 Å². The van der Waals surface area contributed by atoms with Gasteiger partial charge in [-0.15, -0.1) is 0 Å². The molecule has 86 valence electrons. The molecule has 0 aromatic rings. The standard InChI is InChI=1S/C9H29NSi4/c1-6-8-13(4)10(12-11-3)14(5)9-7-2/h13-14H,6-9,11-12H2,1-5H3. The summed E-state index contributed by atoms with van der Waals surface area (Å²) in [5, 5.41) is 0. The molecule has 2 atom stereocenters. The van der Waals surface area contributed by atoms with Gasteiger partial charge in [0, 0.05) is 9.04 Å². The van der Waals surface area contributed by atoms with Gasteiger partial charge in [0.2, 0.25) is 0 Å². The molecule has 0 aliphatic heterocycles. The second-order valence-corrected chi connectivity index (χ2v) is 19.0. The number of hydrogen-bond donors (Lipinski definition) is 0. The lowest BCUT2D eigenvalue weighted by molar-refractivity contribution is 0.924. The SMILES string of the molecule is CCC[SiH](C)N([SiH2][SiH2]C)[SiH](C)CCC. The van der Waals surface area contributed by atoms with Gasteiger partial charge in [0.25, 0.3) is 0 Å². The van der Waals surface area contributed by atoms with E-state index in [-0.39, 0.29) is 0 Å². The monoisotopic (exact) mass is 263 g/mol. The fourth-order valence-electron chi connectivity index (χ4n) is 2.30. The van der Waals surface area contributed by atoms with Crippen LogP contribution in [-0.2, 0) is 0 Å². The molecule has 0 N–H and O–H groups in total. The van der Waals surface area contributed by atoms with Gasteiger partial charge in [0.15, 0.2) is 0 Å². The normalized spacial score (nSPS) is 17.6. The summed E-state index contributed by atoms with van der Waals surface area (Å²) in [6, 6.07) is 3.14. The van der Waals surface area contributed by atoms with Crippen LogP contribution in [0.5, 0.6) is 0 Å². The van der Waals surface area contributed by atoms with Crippen molar-refractivity contribution in [2.75, 3.05) is 0 Å². The summed E-state index contributed by atoms with van der Waals surface area (Å²) in [6.45, 7) is 12.5. The summed E-state index contributed by atoms with van der Waals surface area (Å²) >= 11 is 0. The Bertz CT molecular complexity index is 122. The molecule has 14 heavy (non-hydrogen) atoms. The minimum atomic E-state index is -0.433. The van der Waals surface area contributed by atoms with Gasteiger partial charge >= 0.3 is 0 Å². The Morgan fingerprint density at radius 3 is 1.71 bits per heavy atom. The first kappa shape index (κ1) is 14.8. The molecule has 0 aliphatic rings. The second-order valence-electron chi connectivity index (χ2n) is 4.51. The van der Waals surface area contributed by atoms with E-state index in [0.717, 1.165) is 0 Å². The maximum atomic E-state index is 3.17. The van der Waals surface area contributed by atoms with Gasteiger partial charge in [-0.1, -0.05) is 46.3 Å². The number of rotatable bonds is 8. The Morgan fingerprint density at radius 2 is 1.43 bits per heavy atom. The summed E-state index contributed by atoms with van der Waals surface area (Å²) in [7, 11) is -0.188. The van der Waals surface area contributed by atoms with Crippen molar-refractivity contribution < 1.29 is 0 Å². The zero-order valence-electron chi connectivity index (χ0n) is 10.8. The van der Waals surface area contributed by atoms with Gasteiger partial charge < -0.3 is 3.90 Å². The third-order valence-corrected chi connectivity index (χ3v) is 23.4. The molecule has 0 bridgehead atoms. The van der Waals surface area contributed by atoms with Crippen molar-refractivity contribution in [1.82, 2.24) is 3.90 Å². The van der Waals surface area contributed by atoms with Gasteiger partial charge in [-0.05, 0) is 12.1 Å². The molecule has 0 saturated heterocycles. The maximum Gasteiger partial charge on any atom is 0.0940 e. The molecule has 0 saturated carbocycles. The molecule has 0 heterocycles. The van der Waals surface area contributed by atoms with Crippen LogP contribution in [0.3, 0.4) is 0 Å². The van der Waals surface area contributed by atoms with Crippen LogP contribution < -0.4 is 0 Å². The minimum Gasteiger partial charge on any atom is -0.380 e. The molecular weight excluding hydrogens is 234 g/mol. The lowest BCUT2D eigenvalue weighted by atomic mass is 10.6. The third kappa shape index (κ3) is 5.65. The lowest BCUT2D eigenvalue weighted by Gasteiger charge is -2.33. The van der Waals surface area contributed by atoms with Crippen molar-refractivity contribution in [3.63, 3.8) is 0 Å². The number of hydrogen-bond acceptors (Lipinski definition) is 1. The summed E-state index contributed by atoms with van der Waals surface area (Å²) in [4.78, 5) is 0. The lowest BCUT2D eigenvalue weighted by Crippen LogP contribution is -2.50. The zero-order valence-corrected chi connectivity index (χ0v) is 16.0. The highest BCUT2D eigenvalue weighted by Gasteiger charge is 2.19. The highest BCUT2D eigenvalue weighted by atomic mass is 29.2. The molecular formula is C9H29NSi4. The van der Waals surface area contributed by atoms with Crippen molar-refractivity contribution in [3.8, 4) is 0 Å². The minimum absolute atomic E-state index is 0.296. The van der Waals surface area contributed by atoms with Crippen LogP contribution in [0.15, 0.2) is 0 Å². The van der Waals surface area contributed by atoms with E-state index in [4.69, 9.17) is 0 Å². The van der Waals surface area contributed by atoms with Crippen molar-refractivity contribution in [2.45, 2.75) is 58.4 Å². The molecule has 0 fully saturated rings. The van der Waals surface area contributed by atoms with Gasteiger partial charge in [0.1, 0.15) is 0 Å². The van der Waals surface area contributed by atoms with Crippen LogP contribution in [0.25, 0.3) is 0 Å². The molecule has 2 unspecified atom stereocenters. The summed E-state index contributed by atoms with van der Waals surface area (Å²) in [5.74, 6) is 0. The maximum absolute atomic E-state index is 3.17. The first-order valence-corrected chi connectivity index (χ1v) is 17.4. The summed E-state index contributed by atoms with van der Waals surface area (Å²) in [6.07, 6.45) is 2.85. The predicted molar refractivity (Wildman–Crippen MR) is 81.0 cm³/mol. The van der Waals surface area contributed by atoms with Gasteiger partial charge in [-0.3, -0.25) is 0 Å².